The Kier molecular flexibility index (Phi) is 7.20. The van der Waals surface area contributed by atoms with Gasteiger partial charge >= 0.3 is 0 Å². The Labute approximate surface area is 192 Å². The molecule has 1 aliphatic rings. The number of amides is 1. The van der Waals surface area contributed by atoms with E-state index in [4.69, 9.17) is 4.74 Å². The van der Waals surface area contributed by atoms with E-state index in [9.17, 15) is 13.2 Å². The Hall–Kier alpha value is -2.33. The molecule has 0 atom stereocenters. The van der Waals surface area contributed by atoms with Crippen LogP contribution >= 0.6 is 11.3 Å². The molecule has 1 fully saturated rings. The van der Waals surface area contributed by atoms with Crippen LogP contribution in [0.1, 0.15) is 36.3 Å². The Morgan fingerprint density at radius 3 is 2.62 bits per heavy atom. The molecule has 170 valence electrons. The number of nitrogens with one attached hydrogen (secondary N) is 1. The topological polar surface area (TPSA) is 88.6 Å². The quantitative estimate of drug-likeness (QED) is 0.552. The maximum Gasteiger partial charge on any atom is 0.250 e. The number of carbonyl (C=O) groups is 1. The summed E-state index contributed by atoms with van der Waals surface area (Å²) in [6.07, 6.45) is 3.86. The molecule has 1 N–H and O–H groups in total. The van der Waals surface area contributed by atoms with Gasteiger partial charge in [-0.3, -0.25) is 4.79 Å². The lowest BCUT2D eigenvalue weighted by Gasteiger charge is -2.21. The Morgan fingerprint density at radius 2 is 1.88 bits per heavy atom. The SMILES string of the molecule is Cc1ccc(NC(=O)COCc2nc3ccccc3s2)cc1S(=O)(=O)N1CCCCCC1. The van der Waals surface area contributed by atoms with Crippen molar-refractivity contribution in [3.05, 3.63) is 53.0 Å². The van der Waals surface area contributed by atoms with Crippen molar-refractivity contribution < 1.29 is 17.9 Å². The van der Waals surface area contributed by atoms with Crippen LogP contribution in [0.5, 0.6) is 0 Å². The van der Waals surface area contributed by atoms with Crippen LogP contribution in [0.3, 0.4) is 0 Å². The van der Waals surface area contributed by atoms with E-state index in [0.717, 1.165) is 40.9 Å². The van der Waals surface area contributed by atoms with Gasteiger partial charge in [0.05, 0.1) is 21.7 Å². The first-order valence-electron chi connectivity index (χ1n) is 10.8. The molecular weight excluding hydrogens is 446 g/mol. The number of hydrogen-bond donors (Lipinski definition) is 1. The largest absolute Gasteiger partial charge is 0.364 e. The van der Waals surface area contributed by atoms with E-state index >= 15 is 0 Å². The van der Waals surface area contributed by atoms with Crippen molar-refractivity contribution in [2.75, 3.05) is 25.0 Å². The van der Waals surface area contributed by atoms with Crippen LogP contribution in [0.2, 0.25) is 0 Å². The molecule has 0 bridgehead atoms. The normalized spacial score (nSPS) is 15.5. The highest BCUT2D eigenvalue weighted by atomic mass is 32.2. The number of rotatable bonds is 7. The number of aromatic nitrogens is 1. The summed E-state index contributed by atoms with van der Waals surface area (Å²) in [5, 5.41) is 3.55. The molecule has 0 unspecified atom stereocenters. The van der Waals surface area contributed by atoms with Gasteiger partial charge in [-0.05, 0) is 49.6 Å². The third-order valence-corrected chi connectivity index (χ3v) is 8.50. The minimum absolute atomic E-state index is 0.141. The Morgan fingerprint density at radius 1 is 1.12 bits per heavy atom. The standard InChI is InChI=1S/C23H27N3O4S2/c1-17-10-11-18(14-21(17)32(28,29)26-12-6-2-3-7-13-26)24-22(27)15-30-16-23-25-19-8-4-5-9-20(19)31-23/h4-5,8-11,14H,2-3,6-7,12-13,15-16H2,1H3,(H,24,27). The van der Waals surface area contributed by atoms with Gasteiger partial charge in [0.1, 0.15) is 11.6 Å². The maximum absolute atomic E-state index is 13.2. The number of ether oxygens (including phenoxy) is 1. The first-order chi connectivity index (χ1) is 15.4. The molecule has 0 saturated carbocycles. The van der Waals surface area contributed by atoms with Gasteiger partial charge in [-0.1, -0.05) is 31.0 Å². The molecule has 2 aromatic carbocycles. The van der Waals surface area contributed by atoms with Crippen LogP contribution in [0.15, 0.2) is 47.4 Å². The van der Waals surface area contributed by atoms with Gasteiger partial charge in [-0.25, -0.2) is 13.4 Å². The predicted molar refractivity (Wildman–Crippen MR) is 126 cm³/mol. The van der Waals surface area contributed by atoms with Crippen LogP contribution in [0, 0.1) is 6.92 Å². The van der Waals surface area contributed by atoms with Crippen molar-refractivity contribution in [3.8, 4) is 0 Å². The molecule has 1 aromatic heterocycles. The molecule has 0 aliphatic carbocycles. The number of hydrogen-bond acceptors (Lipinski definition) is 6. The van der Waals surface area contributed by atoms with Crippen molar-refractivity contribution in [1.82, 2.24) is 9.29 Å². The number of nitrogens with zero attached hydrogens (tertiary/aromatic N) is 2. The highest BCUT2D eigenvalue weighted by Crippen LogP contribution is 2.26. The van der Waals surface area contributed by atoms with E-state index in [0.29, 0.717) is 24.3 Å². The number of benzene rings is 2. The second kappa shape index (κ2) is 10.1. The van der Waals surface area contributed by atoms with Crippen molar-refractivity contribution in [1.29, 1.82) is 0 Å². The molecular formula is C23H27N3O4S2. The maximum atomic E-state index is 13.2. The third-order valence-electron chi connectivity index (χ3n) is 5.45. The van der Waals surface area contributed by atoms with Gasteiger partial charge in [0.15, 0.2) is 0 Å². The number of para-hydroxylation sites is 1. The molecule has 4 rings (SSSR count). The molecule has 1 amide bonds. The number of anilines is 1. The molecule has 1 aliphatic heterocycles. The molecule has 3 aromatic rings. The van der Waals surface area contributed by atoms with E-state index in [1.54, 1.807) is 29.4 Å². The van der Waals surface area contributed by atoms with Gasteiger partial charge in [0.25, 0.3) is 0 Å². The second-order valence-electron chi connectivity index (χ2n) is 7.91. The van der Waals surface area contributed by atoms with E-state index < -0.39 is 10.0 Å². The lowest BCUT2D eigenvalue weighted by molar-refractivity contribution is -0.121. The number of carbonyl (C=O) groups excluding carboxylic acids is 1. The predicted octanol–water partition coefficient (Wildman–Crippen LogP) is 4.32. The summed E-state index contributed by atoms with van der Waals surface area (Å²) in [5.74, 6) is -0.340. The van der Waals surface area contributed by atoms with Crippen LogP contribution in [0.4, 0.5) is 5.69 Å². The molecule has 7 nitrogen and oxygen atoms in total. The van der Waals surface area contributed by atoms with Gasteiger partial charge in [0.2, 0.25) is 15.9 Å². The number of fused-ring (bicyclic) bond motifs is 1. The average molecular weight is 474 g/mol. The van der Waals surface area contributed by atoms with Crippen molar-refractivity contribution in [3.63, 3.8) is 0 Å². The summed E-state index contributed by atoms with van der Waals surface area (Å²) in [4.78, 5) is 17.1. The zero-order chi connectivity index (χ0) is 22.6. The van der Waals surface area contributed by atoms with Gasteiger partial charge < -0.3 is 10.1 Å². The molecule has 9 heteroatoms. The summed E-state index contributed by atoms with van der Waals surface area (Å²) in [6.45, 7) is 2.96. The number of thiazole rings is 1. The van der Waals surface area contributed by atoms with Crippen molar-refractivity contribution in [2.45, 2.75) is 44.1 Å². The Balaban J connectivity index is 1.37. The van der Waals surface area contributed by atoms with Crippen LogP contribution in [-0.4, -0.2) is 43.3 Å². The van der Waals surface area contributed by atoms with Crippen molar-refractivity contribution >= 4 is 43.2 Å². The lowest BCUT2D eigenvalue weighted by atomic mass is 10.2. The van der Waals surface area contributed by atoms with Crippen LogP contribution < -0.4 is 5.32 Å². The zero-order valence-corrected chi connectivity index (χ0v) is 19.7. The fraction of sp³-hybridized carbons (Fsp3) is 0.391. The van der Waals surface area contributed by atoms with Gasteiger partial charge in [0, 0.05) is 18.8 Å². The highest BCUT2D eigenvalue weighted by molar-refractivity contribution is 7.89. The summed E-state index contributed by atoms with van der Waals surface area (Å²) in [7, 11) is -3.60. The first kappa shape index (κ1) is 22.8. The summed E-state index contributed by atoms with van der Waals surface area (Å²) < 4.78 is 34.5. The molecule has 2 heterocycles. The summed E-state index contributed by atoms with van der Waals surface area (Å²) in [5.41, 5.74) is 2.02. The van der Waals surface area contributed by atoms with E-state index in [2.05, 4.69) is 10.3 Å². The average Bonchev–Trinajstić information content (AvgIpc) is 2.98. The van der Waals surface area contributed by atoms with Gasteiger partial charge in [-0.2, -0.15) is 4.31 Å². The summed E-state index contributed by atoms with van der Waals surface area (Å²) >= 11 is 1.53. The molecule has 1 saturated heterocycles. The second-order valence-corrected chi connectivity index (χ2v) is 10.9. The summed E-state index contributed by atoms with van der Waals surface area (Å²) in [6, 6.07) is 12.8. The molecule has 32 heavy (non-hydrogen) atoms. The number of sulfonamides is 1. The van der Waals surface area contributed by atoms with E-state index in [-0.39, 0.29) is 24.0 Å². The lowest BCUT2D eigenvalue weighted by Crippen LogP contribution is -2.32. The van der Waals surface area contributed by atoms with Crippen LogP contribution in [-0.2, 0) is 26.2 Å². The fourth-order valence-corrected chi connectivity index (χ4v) is 6.46. The highest BCUT2D eigenvalue weighted by Gasteiger charge is 2.27. The minimum atomic E-state index is -3.60. The Bertz CT molecular complexity index is 1170. The fourth-order valence-electron chi connectivity index (χ4n) is 3.79. The van der Waals surface area contributed by atoms with E-state index in [1.807, 2.05) is 24.3 Å². The molecule has 0 radical (unpaired) electrons. The first-order valence-corrected chi connectivity index (χ1v) is 13.0. The minimum Gasteiger partial charge on any atom is -0.364 e. The van der Waals surface area contributed by atoms with Crippen molar-refractivity contribution in [2.24, 2.45) is 0 Å². The third kappa shape index (κ3) is 5.35. The monoisotopic (exact) mass is 473 g/mol. The smallest absolute Gasteiger partial charge is 0.250 e. The molecule has 0 spiro atoms. The van der Waals surface area contributed by atoms with E-state index in [1.165, 1.54) is 11.3 Å². The van der Waals surface area contributed by atoms with Crippen LogP contribution in [0.25, 0.3) is 10.2 Å². The zero-order valence-electron chi connectivity index (χ0n) is 18.0. The van der Waals surface area contributed by atoms with Gasteiger partial charge in [-0.15, -0.1) is 11.3 Å². The number of aryl methyl sites for hydroxylation is 1.